The van der Waals surface area contributed by atoms with Crippen molar-refractivity contribution in [2.45, 2.75) is 43.3 Å². The minimum atomic E-state index is 0.667. The van der Waals surface area contributed by atoms with Gasteiger partial charge in [0.1, 0.15) is 0 Å². The van der Waals surface area contributed by atoms with Crippen LogP contribution in [0.5, 0.6) is 0 Å². The van der Waals surface area contributed by atoms with Gasteiger partial charge >= 0.3 is 0 Å². The summed E-state index contributed by atoms with van der Waals surface area (Å²) in [6.07, 6.45) is 3.65. The molecule has 1 aromatic rings. The van der Waals surface area contributed by atoms with Crippen molar-refractivity contribution in [3.8, 4) is 0 Å². The van der Waals surface area contributed by atoms with E-state index in [1.54, 1.807) is 0 Å². The largest absolute Gasteiger partial charge is 0.179 e. The summed E-state index contributed by atoms with van der Waals surface area (Å²) < 4.78 is 0. The maximum Gasteiger partial charge on any atom is 0.00747 e. The number of benzene rings is 1. The van der Waals surface area contributed by atoms with E-state index in [0.717, 1.165) is 5.75 Å². The summed E-state index contributed by atoms with van der Waals surface area (Å²) in [5.41, 5.74) is 1.45. The molecule has 0 N–H and O–H groups in total. The molecule has 0 fully saturated rings. The summed E-state index contributed by atoms with van der Waals surface area (Å²) in [6, 6.07) is 8.98. The Balaban J connectivity index is 2.42. The summed E-state index contributed by atoms with van der Waals surface area (Å²) in [7, 11) is 0. The molecule has 0 amide bonds. The summed E-state index contributed by atoms with van der Waals surface area (Å²) in [6.45, 7) is 4.45. The highest BCUT2D eigenvalue weighted by molar-refractivity contribution is 7.99. The molecule has 0 atom stereocenters. The van der Waals surface area contributed by atoms with E-state index in [2.05, 4.69) is 50.7 Å². The van der Waals surface area contributed by atoms with Gasteiger partial charge in [-0.3, -0.25) is 0 Å². The van der Waals surface area contributed by atoms with Crippen LogP contribution in [0, 0.1) is 0 Å². The molecule has 0 aliphatic carbocycles. The normalized spacial score (nSPS) is 10.9. The lowest BCUT2D eigenvalue weighted by molar-refractivity contribution is 0.803. The first kappa shape index (κ1) is 13.0. The van der Waals surface area contributed by atoms with Crippen molar-refractivity contribution < 1.29 is 0 Å². The van der Waals surface area contributed by atoms with Crippen LogP contribution in [0.4, 0.5) is 0 Å². The third-order valence-corrected chi connectivity index (χ3v) is 3.50. The number of unbranched alkanes of at least 4 members (excludes halogenated alkanes) is 1. The third-order valence-electron chi connectivity index (χ3n) is 2.17. The van der Waals surface area contributed by atoms with Gasteiger partial charge in [0.25, 0.3) is 0 Å². The summed E-state index contributed by atoms with van der Waals surface area (Å²) in [5, 5.41) is 0.667. The van der Waals surface area contributed by atoms with Crippen LogP contribution in [0.3, 0.4) is 0 Å². The zero-order valence-corrected chi connectivity index (χ0v) is 11.3. The highest BCUT2D eigenvalue weighted by Crippen LogP contribution is 2.23. The molecule has 0 nitrogen and oxygen atoms in total. The molecule has 0 saturated heterocycles. The average Bonchev–Trinajstić information content (AvgIpc) is 2.20. The number of hydrogen-bond acceptors (Lipinski definition) is 2. The van der Waals surface area contributed by atoms with Crippen molar-refractivity contribution in [1.82, 2.24) is 0 Å². The van der Waals surface area contributed by atoms with Gasteiger partial charge in [-0.25, -0.2) is 0 Å². The van der Waals surface area contributed by atoms with Crippen LogP contribution < -0.4 is 0 Å². The predicted octanol–water partition coefficient (Wildman–Crippen LogP) is 4.44. The first-order valence-corrected chi connectivity index (χ1v) is 7.10. The van der Waals surface area contributed by atoms with Gasteiger partial charge in [0.15, 0.2) is 0 Å². The molecule has 0 radical (unpaired) electrons. The number of thiol groups is 1. The SMILES string of the molecule is CC(C)Sc1ccc(CCCCS)cc1. The third kappa shape index (κ3) is 5.53. The Bertz CT molecular complexity index is 264. The second kappa shape index (κ2) is 7.24. The van der Waals surface area contributed by atoms with Crippen LogP contribution in [0.2, 0.25) is 0 Å². The summed E-state index contributed by atoms with van der Waals surface area (Å²) in [5.74, 6) is 1.00. The first-order chi connectivity index (χ1) is 7.22. The molecule has 0 aliphatic rings. The molecule has 0 unspecified atom stereocenters. The van der Waals surface area contributed by atoms with E-state index in [1.165, 1.54) is 29.7 Å². The fraction of sp³-hybridized carbons (Fsp3) is 0.538. The topological polar surface area (TPSA) is 0 Å². The van der Waals surface area contributed by atoms with E-state index in [0.29, 0.717) is 5.25 Å². The van der Waals surface area contributed by atoms with Gasteiger partial charge in [-0.1, -0.05) is 26.0 Å². The lowest BCUT2D eigenvalue weighted by Gasteiger charge is -2.06. The van der Waals surface area contributed by atoms with Gasteiger partial charge in [0.05, 0.1) is 0 Å². The lowest BCUT2D eigenvalue weighted by Crippen LogP contribution is -1.88. The molecule has 84 valence electrons. The van der Waals surface area contributed by atoms with Crippen molar-refractivity contribution >= 4 is 24.4 Å². The summed E-state index contributed by atoms with van der Waals surface area (Å²) >= 11 is 6.14. The highest BCUT2D eigenvalue weighted by Gasteiger charge is 1.98. The van der Waals surface area contributed by atoms with E-state index >= 15 is 0 Å². The number of rotatable bonds is 6. The Morgan fingerprint density at radius 1 is 1.13 bits per heavy atom. The van der Waals surface area contributed by atoms with Gasteiger partial charge in [0, 0.05) is 10.1 Å². The van der Waals surface area contributed by atoms with E-state index in [1.807, 2.05) is 11.8 Å². The molecule has 1 aromatic carbocycles. The van der Waals surface area contributed by atoms with Crippen molar-refractivity contribution in [2.75, 3.05) is 5.75 Å². The first-order valence-electron chi connectivity index (χ1n) is 5.59. The maximum absolute atomic E-state index is 4.22. The standard InChI is InChI=1S/C13H20S2/c1-11(2)15-13-8-6-12(7-9-13)5-3-4-10-14/h6-9,11,14H,3-5,10H2,1-2H3. The predicted molar refractivity (Wildman–Crippen MR) is 74.2 cm³/mol. The van der Waals surface area contributed by atoms with Crippen molar-refractivity contribution in [2.24, 2.45) is 0 Å². The van der Waals surface area contributed by atoms with Crippen molar-refractivity contribution in [3.63, 3.8) is 0 Å². The fourth-order valence-corrected chi connectivity index (χ4v) is 2.51. The number of thioether (sulfide) groups is 1. The Labute approximate surface area is 103 Å². The van der Waals surface area contributed by atoms with Crippen LogP contribution in [0.1, 0.15) is 32.3 Å². The number of hydrogen-bond donors (Lipinski definition) is 1. The van der Waals surface area contributed by atoms with Crippen LogP contribution in [0.15, 0.2) is 29.2 Å². The maximum atomic E-state index is 4.22. The lowest BCUT2D eigenvalue weighted by atomic mass is 10.1. The van der Waals surface area contributed by atoms with E-state index < -0.39 is 0 Å². The van der Waals surface area contributed by atoms with Crippen LogP contribution in [0.25, 0.3) is 0 Å². The highest BCUT2D eigenvalue weighted by atomic mass is 32.2. The van der Waals surface area contributed by atoms with Gasteiger partial charge < -0.3 is 0 Å². The molecule has 15 heavy (non-hydrogen) atoms. The molecule has 0 aliphatic heterocycles. The Morgan fingerprint density at radius 2 is 1.80 bits per heavy atom. The minimum Gasteiger partial charge on any atom is -0.179 e. The van der Waals surface area contributed by atoms with Gasteiger partial charge in [0.2, 0.25) is 0 Å². The quantitative estimate of drug-likeness (QED) is 0.436. The van der Waals surface area contributed by atoms with Crippen molar-refractivity contribution in [3.05, 3.63) is 29.8 Å². The zero-order valence-electron chi connectivity index (χ0n) is 9.57. The Kier molecular flexibility index (Phi) is 6.26. The molecule has 1 rings (SSSR count). The van der Waals surface area contributed by atoms with Crippen LogP contribution in [-0.2, 0) is 6.42 Å². The van der Waals surface area contributed by atoms with E-state index in [-0.39, 0.29) is 0 Å². The van der Waals surface area contributed by atoms with E-state index in [9.17, 15) is 0 Å². The summed E-state index contributed by atoms with van der Waals surface area (Å²) in [4.78, 5) is 1.38. The van der Waals surface area contributed by atoms with Crippen LogP contribution >= 0.6 is 24.4 Å². The molecule has 0 saturated carbocycles. The molecule has 2 heteroatoms. The second-order valence-corrected chi connectivity index (χ2v) is 6.09. The zero-order chi connectivity index (χ0) is 11.1. The van der Waals surface area contributed by atoms with E-state index in [4.69, 9.17) is 0 Å². The van der Waals surface area contributed by atoms with Crippen LogP contribution in [-0.4, -0.2) is 11.0 Å². The number of aryl methyl sites for hydroxylation is 1. The van der Waals surface area contributed by atoms with Crippen molar-refractivity contribution in [1.29, 1.82) is 0 Å². The molecule has 0 bridgehead atoms. The molecule has 0 spiro atoms. The van der Waals surface area contributed by atoms with Gasteiger partial charge in [-0.2, -0.15) is 12.6 Å². The fourth-order valence-electron chi connectivity index (χ4n) is 1.45. The average molecular weight is 240 g/mol. The molecular formula is C13H20S2. The molecule has 0 heterocycles. The Morgan fingerprint density at radius 3 is 2.33 bits per heavy atom. The minimum absolute atomic E-state index is 0.667. The molecule has 0 aromatic heterocycles. The molecular weight excluding hydrogens is 220 g/mol. The smallest absolute Gasteiger partial charge is 0.00747 e. The Hall–Kier alpha value is -0.0800. The monoisotopic (exact) mass is 240 g/mol. The van der Waals surface area contributed by atoms with Gasteiger partial charge in [-0.15, -0.1) is 11.8 Å². The van der Waals surface area contributed by atoms with Gasteiger partial charge in [-0.05, 0) is 42.7 Å². The second-order valence-electron chi connectivity index (χ2n) is 3.99.